The Hall–Kier alpha value is -1.38. The molecule has 0 radical (unpaired) electrons. The molecule has 0 unspecified atom stereocenters. The maximum atomic E-state index is 5.23. The molecule has 36 heavy (non-hydrogen) atoms. The summed E-state index contributed by atoms with van der Waals surface area (Å²) in [5, 5.41) is 4.18. The number of hydrogen-bond donors (Lipinski definition) is 0. The minimum atomic E-state index is -2.13. The highest BCUT2D eigenvalue weighted by Gasteiger charge is 2.54. The molecule has 0 N–H and O–H groups in total. The molecule has 3 aromatic rings. The Balaban J connectivity index is 2.41. The zero-order valence-electron chi connectivity index (χ0n) is 23.6. The van der Waals surface area contributed by atoms with E-state index in [-0.39, 0.29) is 0 Å². The maximum absolute atomic E-state index is 5.23. The minimum Gasteiger partial charge on any atom is -0.427 e. The highest BCUT2D eigenvalue weighted by Crippen LogP contribution is 2.64. The summed E-state index contributed by atoms with van der Waals surface area (Å²) in [6.45, 7) is 22.5. The Bertz CT molecular complexity index is 1080. The van der Waals surface area contributed by atoms with E-state index in [0.717, 1.165) is 0 Å². The Morgan fingerprint density at radius 3 is 1.22 bits per heavy atom. The second kappa shape index (κ2) is 11.6. The minimum absolute atomic E-state index is 0.707. The Morgan fingerprint density at radius 1 is 0.611 bits per heavy atom. The quantitative estimate of drug-likeness (QED) is 0.141. The predicted octanol–water partition coefficient (Wildman–Crippen LogP) is 8.40. The lowest BCUT2D eigenvalue weighted by Gasteiger charge is -2.46. The van der Waals surface area contributed by atoms with Gasteiger partial charge in [0.2, 0.25) is 0 Å². The molecule has 0 aliphatic rings. The summed E-state index contributed by atoms with van der Waals surface area (Å²) in [5.74, 6) is 3.86. The standard InChI is InChI=1S/C30H43NP2Si3/c1-34(2,3)29(25-31-32-30(35(4,5)6)36(7,8)9)33(26-19-13-10-14-20-26,27-21-15-11-16-22-27)28-23-17-12-18-24-28/h10-24,30H,1-9H3. The molecule has 0 fully saturated rings. The summed E-state index contributed by atoms with van der Waals surface area (Å²) in [7, 11) is -5.47. The normalized spacial score (nSPS) is 13.2. The lowest BCUT2D eigenvalue weighted by atomic mass is 10.4. The van der Waals surface area contributed by atoms with Crippen LogP contribution in [0.1, 0.15) is 0 Å². The van der Waals surface area contributed by atoms with Crippen molar-refractivity contribution in [1.82, 2.24) is 0 Å². The molecule has 0 amide bonds. The molecule has 0 aliphatic carbocycles. The van der Waals surface area contributed by atoms with Crippen molar-refractivity contribution in [2.24, 2.45) is 4.76 Å². The van der Waals surface area contributed by atoms with Gasteiger partial charge in [0.15, 0.2) is 0 Å². The zero-order valence-corrected chi connectivity index (χ0v) is 28.4. The summed E-state index contributed by atoms with van der Waals surface area (Å²) in [4.78, 5) is 2.16. The molecule has 0 aromatic heterocycles. The number of hydrogen-bond acceptors (Lipinski definition) is 1. The van der Waals surface area contributed by atoms with Gasteiger partial charge in [-0.25, -0.2) is 0 Å². The summed E-state index contributed by atoms with van der Waals surface area (Å²) < 4.78 is 5.23. The van der Waals surface area contributed by atoms with Crippen molar-refractivity contribution in [1.29, 1.82) is 0 Å². The molecule has 3 rings (SSSR count). The van der Waals surface area contributed by atoms with Crippen molar-refractivity contribution in [2.45, 2.75) is 63.8 Å². The van der Waals surface area contributed by atoms with E-state index in [4.69, 9.17) is 4.76 Å². The molecule has 0 aliphatic heterocycles. The van der Waals surface area contributed by atoms with Gasteiger partial charge >= 0.3 is 0 Å². The third-order valence-electron chi connectivity index (χ3n) is 6.45. The van der Waals surface area contributed by atoms with Crippen LogP contribution < -0.4 is 15.9 Å². The van der Waals surface area contributed by atoms with Crippen LogP contribution in [0.15, 0.2) is 101 Å². The van der Waals surface area contributed by atoms with E-state index in [1.807, 2.05) is 0 Å². The van der Waals surface area contributed by atoms with Crippen LogP contribution in [0.4, 0.5) is 0 Å². The van der Waals surface area contributed by atoms with Gasteiger partial charge in [0.25, 0.3) is 0 Å². The fraction of sp³-hybridized carbons (Fsp3) is 0.333. The number of rotatable bonds is 9. The van der Waals surface area contributed by atoms with Crippen molar-refractivity contribution in [3.8, 4) is 0 Å². The molecular weight excluding hydrogens is 521 g/mol. The third-order valence-corrected chi connectivity index (χ3v) is 29.3. The van der Waals surface area contributed by atoms with E-state index in [1.54, 1.807) is 0 Å². The van der Waals surface area contributed by atoms with E-state index in [2.05, 4.69) is 156 Å². The Labute approximate surface area is 225 Å². The molecule has 0 saturated carbocycles. The fourth-order valence-corrected chi connectivity index (χ4v) is 28.6. The molecule has 1 nitrogen and oxygen atoms in total. The summed E-state index contributed by atoms with van der Waals surface area (Å²) in [5.41, 5.74) is 0. The van der Waals surface area contributed by atoms with Gasteiger partial charge in [0.1, 0.15) is 36.2 Å². The first-order valence-electron chi connectivity index (χ1n) is 12.9. The molecule has 0 spiro atoms. The first kappa shape index (κ1) is 29.2. The third kappa shape index (κ3) is 6.54. The second-order valence-corrected chi connectivity index (χ2v) is 34.6. The van der Waals surface area contributed by atoms with Crippen LogP contribution in [0.5, 0.6) is 0 Å². The SMILES string of the molecule is C[Si](C)(C)C(=C=N[P-]C([Si](C)(C)C)[Si](C)(C)C)[P+](c1ccccc1)(c1ccccc1)c1ccccc1. The summed E-state index contributed by atoms with van der Waals surface area (Å²) in [6, 6.07) is 33.6. The lowest BCUT2D eigenvalue weighted by Crippen LogP contribution is -2.50. The van der Waals surface area contributed by atoms with E-state index in [0.29, 0.717) is 4.91 Å². The molecule has 0 heterocycles. The van der Waals surface area contributed by atoms with Gasteiger partial charge < -0.3 is 13.5 Å². The van der Waals surface area contributed by atoms with Gasteiger partial charge in [-0.3, -0.25) is 0 Å². The Kier molecular flexibility index (Phi) is 9.37. The second-order valence-electron chi connectivity index (χ2n) is 12.7. The van der Waals surface area contributed by atoms with Crippen LogP contribution in [-0.2, 0) is 0 Å². The van der Waals surface area contributed by atoms with Crippen molar-refractivity contribution in [3.63, 3.8) is 0 Å². The van der Waals surface area contributed by atoms with Gasteiger partial charge in [-0.2, -0.15) is 4.91 Å². The van der Waals surface area contributed by atoms with Crippen molar-refractivity contribution >= 4 is 62.0 Å². The predicted molar refractivity (Wildman–Crippen MR) is 177 cm³/mol. The van der Waals surface area contributed by atoms with Gasteiger partial charge in [0.05, 0.1) is 0 Å². The van der Waals surface area contributed by atoms with Crippen LogP contribution >= 0.6 is 16.0 Å². The van der Waals surface area contributed by atoms with Crippen LogP contribution in [-0.4, -0.2) is 35.0 Å². The molecule has 0 saturated heterocycles. The first-order chi connectivity index (χ1) is 16.8. The van der Waals surface area contributed by atoms with Crippen molar-refractivity contribution < 1.29 is 0 Å². The average molecular weight is 564 g/mol. The topological polar surface area (TPSA) is 12.4 Å². The fourth-order valence-electron chi connectivity index (χ4n) is 5.31. The van der Waals surface area contributed by atoms with Crippen LogP contribution in [0.25, 0.3) is 0 Å². The monoisotopic (exact) mass is 563 g/mol. The van der Waals surface area contributed by atoms with Crippen molar-refractivity contribution in [3.05, 3.63) is 95.9 Å². The van der Waals surface area contributed by atoms with Crippen LogP contribution in [0.3, 0.4) is 0 Å². The van der Waals surface area contributed by atoms with Gasteiger partial charge in [0, 0.05) is 16.1 Å². The highest BCUT2D eigenvalue weighted by atomic mass is 31.2. The molecule has 0 atom stereocenters. The first-order valence-corrected chi connectivity index (χ1v) is 26.2. The smallest absolute Gasteiger partial charge is 0.144 e. The maximum Gasteiger partial charge on any atom is 0.144 e. The van der Waals surface area contributed by atoms with E-state index >= 15 is 0 Å². The lowest BCUT2D eigenvalue weighted by molar-refractivity contribution is 1.45. The molecule has 3 aromatic carbocycles. The van der Waals surface area contributed by atoms with E-state index in [9.17, 15) is 0 Å². The summed E-state index contributed by atoms with van der Waals surface area (Å²) >= 11 is 0. The van der Waals surface area contributed by atoms with Gasteiger partial charge in [-0.05, 0) is 42.3 Å². The molecular formula is C30H43NP2Si3. The van der Waals surface area contributed by atoms with Crippen molar-refractivity contribution in [2.75, 3.05) is 0 Å². The largest absolute Gasteiger partial charge is 0.427 e. The van der Waals surface area contributed by atoms with Gasteiger partial charge in [-0.1, -0.05) is 114 Å². The zero-order chi connectivity index (χ0) is 26.6. The average Bonchev–Trinajstić information content (AvgIpc) is 2.80. The van der Waals surface area contributed by atoms with Crippen LogP contribution in [0.2, 0.25) is 58.9 Å². The van der Waals surface area contributed by atoms with E-state index in [1.165, 1.54) is 29.6 Å². The molecule has 190 valence electrons. The molecule has 6 heteroatoms. The van der Waals surface area contributed by atoms with Gasteiger partial charge in [-0.15, -0.1) is 0 Å². The van der Waals surface area contributed by atoms with E-state index < -0.39 is 31.5 Å². The summed E-state index contributed by atoms with van der Waals surface area (Å²) in [6.07, 6.45) is 0. The number of nitrogens with zero attached hydrogens (tertiary/aromatic N) is 1. The Morgan fingerprint density at radius 2 is 0.944 bits per heavy atom. The highest BCUT2D eigenvalue weighted by molar-refractivity contribution is 8.01. The molecule has 0 bridgehead atoms. The number of benzene rings is 3. The van der Waals surface area contributed by atoms with Crippen LogP contribution in [0, 0.1) is 0 Å².